The van der Waals surface area contributed by atoms with Crippen LogP contribution in [0.15, 0.2) is 30.3 Å². The summed E-state index contributed by atoms with van der Waals surface area (Å²) >= 11 is 0. The zero-order chi connectivity index (χ0) is 42.0. The summed E-state index contributed by atoms with van der Waals surface area (Å²) in [6.45, 7) is -0.782. The molecule has 0 bridgehead atoms. The molecule has 0 unspecified atom stereocenters. The SMILES string of the molecule is CCCCCCC[C@@H](O)CC(=O)NCC(=O)N[C@H]1CCNC(=O)CNC(=O)CNC(=O)CNC(=O)CNC(=O)[C@@H](Cc2ccccc2)NC(=O)[C@H](CCN)NC1=O. The molecule has 1 aromatic rings. The number of carbonyl (C=O) groups is 9. The number of aliphatic hydroxyl groups is 1. The fourth-order valence-electron chi connectivity index (χ4n) is 5.54. The maximum atomic E-state index is 13.6. The molecule has 1 aliphatic rings. The summed E-state index contributed by atoms with van der Waals surface area (Å²) in [5.74, 6) is -6.58. The second-order valence-corrected chi connectivity index (χ2v) is 13.5. The van der Waals surface area contributed by atoms with E-state index < -0.39 is 110 Å². The monoisotopic (exact) mass is 802 g/mol. The van der Waals surface area contributed by atoms with E-state index in [1.165, 1.54) is 0 Å². The number of aliphatic hydroxyl groups excluding tert-OH is 1. The fourth-order valence-corrected chi connectivity index (χ4v) is 5.54. The standard InChI is InChI=1S/C37H58N10O10/c1-2-3-4-5-9-12-25(48)18-29(49)40-23-34(54)45-27-14-16-39-30(50)19-41-31(51)20-42-32(52)21-43-33(53)22-44-35(55)28(17-24-10-7-6-8-11-24)47-36(56)26(13-15-38)46-37(27)57/h6-8,10-11,25-28,48H,2-5,9,12-23,38H2,1H3,(H,39,50)(H,40,49)(H,41,51)(H,42,52)(H,43,53)(H,44,55)(H,45,54)(H,46,57)(H,47,56)/t25-,26+,27+,28-/m1/s1. The first-order chi connectivity index (χ1) is 27.3. The highest BCUT2D eigenvalue weighted by Gasteiger charge is 2.30. The summed E-state index contributed by atoms with van der Waals surface area (Å²) in [4.78, 5) is 115. The van der Waals surface area contributed by atoms with Crippen molar-refractivity contribution in [2.45, 2.75) is 95.4 Å². The third kappa shape index (κ3) is 20.7. The average Bonchev–Trinajstić information content (AvgIpc) is 3.18. The van der Waals surface area contributed by atoms with Gasteiger partial charge in [-0.2, -0.15) is 0 Å². The summed E-state index contributed by atoms with van der Waals surface area (Å²) in [6.07, 6.45) is 3.94. The van der Waals surface area contributed by atoms with Crippen LogP contribution in [0.2, 0.25) is 0 Å². The fraction of sp³-hybridized carbons (Fsp3) is 0.595. The lowest BCUT2D eigenvalue weighted by Gasteiger charge is -2.25. The van der Waals surface area contributed by atoms with Crippen LogP contribution < -0.4 is 53.6 Å². The largest absolute Gasteiger partial charge is 0.393 e. The van der Waals surface area contributed by atoms with E-state index in [0.717, 1.165) is 32.1 Å². The molecule has 0 aliphatic carbocycles. The predicted octanol–water partition coefficient (Wildman–Crippen LogP) is -3.76. The molecule has 2 rings (SSSR count). The molecule has 12 N–H and O–H groups in total. The molecule has 0 radical (unpaired) electrons. The molecule has 0 aromatic heterocycles. The molecule has 1 heterocycles. The molecule has 57 heavy (non-hydrogen) atoms. The van der Waals surface area contributed by atoms with Crippen LogP contribution in [0.4, 0.5) is 0 Å². The third-order valence-electron chi connectivity index (χ3n) is 8.68. The van der Waals surface area contributed by atoms with E-state index in [1.807, 2.05) is 0 Å². The van der Waals surface area contributed by atoms with Gasteiger partial charge in [-0.25, -0.2) is 0 Å². The Morgan fingerprint density at radius 2 is 1.32 bits per heavy atom. The van der Waals surface area contributed by atoms with E-state index in [2.05, 4.69) is 54.8 Å². The smallest absolute Gasteiger partial charge is 0.243 e. The van der Waals surface area contributed by atoms with E-state index in [9.17, 15) is 48.3 Å². The van der Waals surface area contributed by atoms with Gasteiger partial charge in [0.05, 0.1) is 45.2 Å². The van der Waals surface area contributed by atoms with Gasteiger partial charge in [0, 0.05) is 13.0 Å². The Labute approximate surface area is 331 Å². The topological polar surface area (TPSA) is 308 Å². The minimum absolute atomic E-state index is 0.00607. The van der Waals surface area contributed by atoms with Gasteiger partial charge < -0.3 is 58.7 Å². The summed E-state index contributed by atoms with van der Waals surface area (Å²) in [5, 5.41) is 32.1. The van der Waals surface area contributed by atoms with Crippen LogP contribution in [0.1, 0.15) is 70.3 Å². The van der Waals surface area contributed by atoms with Crippen molar-refractivity contribution in [1.29, 1.82) is 0 Å². The van der Waals surface area contributed by atoms with Crippen LogP contribution in [0.25, 0.3) is 0 Å². The van der Waals surface area contributed by atoms with Crippen LogP contribution in [0.5, 0.6) is 0 Å². The number of hydrogen-bond donors (Lipinski definition) is 11. The molecule has 20 nitrogen and oxygen atoms in total. The molecule has 20 heteroatoms. The molecule has 1 saturated heterocycles. The Hall–Kier alpha value is -5.63. The molecular formula is C37H58N10O10. The lowest BCUT2D eigenvalue weighted by Crippen LogP contribution is -2.58. The number of unbranched alkanes of at least 4 members (excludes halogenated alkanes) is 4. The second-order valence-electron chi connectivity index (χ2n) is 13.5. The Kier molecular flexibility index (Phi) is 22.6. The van der Waals surface area contributed by atoms with E-state index in [1.54, 1.807) is 30.3 Å². The Morgan fingerprint density at radius 3 is 1.93 bits per heavy atom. The number of nitrogens with two attached hydrogens (primary N) is 1. The molecule has 0 saturated carbocycles. The minimum atomic E-state index is -1.36. The third-order valence-corrected chi connectivity index (χ3v) is 8.68. The van der Waals surface area contributed by atoms with Crippen molar-refractivity contribution in [3.8, 4) is 0 Å². The summed E-state index contributed by atoms with van der Waals surface area (Å²) < 4.78 is 0. The molecule has 9 amide bonds. The van der Waals surface area contributed by atoms with Crippen molar-refractivity contribution >= 4 is 53.2 Å². The molecule has 1 fully saturated rings. The number of nitrogens with one attached hydrogen (secondary N) is 9. The highest BCUT2D eigenvalue weighted by molar-refractivity contribution is 5.96. The highest BCUT2D eigenvalue weighted by Crippen LogP contribution is 2.09. The Bertz CT molecular complexity index is 1510. The Balaban J connectivity index is 2.22. The Morgan fingerprint density at radius 1 is 0.737 bits per heavy atom. The van der Waals surface area contributed by atoms with E-state index in [4.69, 9.17) is 5.73 Å². The molecule has 0 spiro atoms. The molecule has 316 valence electrons. The quantitative estimate of drug-likeness (QED) is 0.0766. The van der Waals surface area contributed by atoms with Crippen molar-refractivity contribution in [2.75, 3.05) is 45.8 Å². The number of benzene rings is 1. The van der Waals surface area contributed by atoms with Gasteiger partial charge in [-0.1, -0.05) is 69.4 Å². The number of carbonyl (C=O) groups excluding carboxylic acids is 9. The van der Waals surface area contributed by atoms with Crippen molar-refractivity contribution in [1.82, 2.24) is 47.9 Å². The maximum absolute atomic E-state index is 13.6. The van der Waals surface area contributed by atoms with Gasteiger partial charge in [0.25, 0.3) is 0 Å². The zero-order valence-electron chi connectivity index (χ0n) is 32.4. The highest BCUT2D eigenvalue weighted by atomic mass is 16.3. The van der Waals surface area contributed by atoms with Crippen LogP contribution in [0, 0.1) is 0 Å². The number of hydrogen-bond acceptors (Lipinski definition) is 11. The van der Waals surface area contributed by atoms with Crippen molar-refractivity contribution < 1.29 is 48.3 Å². The minimum Gasteiger partial charge on any atom is -0.393 e. The van der Waals surface area contributed by atoms with Gasteiger partial charge in [-0.15, -0.1) is 0 Å². The predicted molar refractivity (Wildman–Crippen MR) is 206 cm³/mol. The summed E-state index contributed by atoms with van der Waals surface area (Å²) in [7, 11) is 0. The summed E-state index contributed by atoms with van der Waals surface area (Å²) in [6, 6.07) is 4.78. The van der Waals surface area contributed by atoms with Crippen LogP contribution in [-0.2, 0) is 49.6 Å². The molecule has 4 atom stereocenters. The van der Waals surface area contributed by atoms with Gasteiger partial charge >= 0.3 is 0 Å². The van der Waals surface area contributed by atoms with Crippen molar-refractivity contribution in [3.63, 3.8) is 0 Å². The molecular weight excluding hydrogens is 744 g/mol. The number of rotatable bonds is 15. The van der Waals surface area contributed by atoms with Gasteiger partial charge in [-0.3, -0.25) is 43.2 Å². The normalized spacial score (nSPS) is 20.3. The first kappa shape index (κ1) is 47.5. The maximum Gasteiger partial charge on any atom is 0.243 e. The van der Waals surface area contributed by atoms with Gasteiger partial charge in [-0.05, 0) is 31.4 Å². The first-order valence-electron chi connectivity index (χ1n) is 19.2. The van der Waals surface area contributed by atoms with Gasteiger partial charge in [0.15, 0.2) is 0 Å². The van der Waals surface area contributed by atoms with Crippen molar-refractivity contribution in [3.05, 3.63) is 35.9 Å². The van der Waals surface area contributed by atoms with E-state index in [0.29, 0.717) is 12.0 Å². The van der Waals surface area contributed by atoms with Crippen LogP contribution in [-0.4, -0.2) is 128 Å². The second kappa shape index (κ2) is 27.0. The van der Waals surface area contributed by atoms with E-state index in [-0.39, 0.29) is 38.8 Å². The number of amides is 9. The summed E-state index contributed by atoms with van der Waals surface area (Å²) in [5.41, 5.74) is 6.43. The van der Waals surface area contributed by atoms with Gasteiger partial charge in [0.1, 0.15) is 18.1 Å². The van der Waals surface area contributed by atoms with Crippen LogP contribution in [0.3, 0.4) is 0 Å². The van der Waals surface area contributed by atoms with E-state index >= 15 is 0 Å². The van der Waals surface area contributed by atoms with Gasteiger partial charge in [0.2, 0.25) is 53.2 Å². The lowest BCUT2D eigenvalue weighted by molar-refractivity contribution is -0.134. The van der Waals surface area contributed by atoms with Crippen molar-refractivity contribution in [2.24, 2.45) is 5.73 Å². The molecule has 1 aliphatic heterocycles. The molecule has 1 aromatic carbocycles. The lowest BCUT2D eigenvalue weighted by atomic mass is 10.0. The average molecular weight is 803 g/mol. The first-order valence-corrected chi connectivity index (χ1v) is 19.2. The van der Waals surface area contributed by atoms with Crippen LogP contribution >= 0.6 is 0 Å². The zero-order valence-corrected chi connectivity index (χ0v) is 32.4.